The summed E-state index contributed by atoms with van der Waals surface area (Å²) in [6, 6.07) is 8.95. The molecule has 0 saturated carbocycles. The number of aliphatic carboxylic acids is 1. The minimum absolute atomic E-state index is 0.0892. The number of benzene rings is 1. The molecular weight excluding hydrogens is 334 g/mol. The Balaban J connectivity index is 2.14. The molecule has 0 spiro atoms. The number of hydrogen-bond acceptors (Lipinski definition) is 5. The van der Waals surface area contributed by atoms with E-state index in [9.17, 15) is 18.0 Å². The number of sulfone groups is 1. The van der Waals surface area contributed by atoms with Crippen LogP contribution in [0.25, 0.3) is 0 Å². The second-order valence-corrected chi connectivity index (χ2v) is 8.11. The van der Waals surface area contributed by atoms with Crippen molar-refractivity contribution in [1.29, 1.82) is 0 Å². The van der Waals surface area contributed by atoms with Gasteiger partial charge in [-0.3, -0.25) is 9.59 Å². The smallest absolute Gasteiger partial charge is 0.306 e. The second kappa shape index (κ2) is 7.76. The van der Waals surface area contributed by atoms with Gasteiger partial charge in [0.15, 0.2) is 9.84 Å². The SMILES string of the molecule is CS(=O)(=O)[C@H](Cc1ccccc1)C(=O)N1CCO[C@@H](CC(=O)O)C1. The number of carboxylic acids is 1. The lowest BCUT2D eigenvalue weighted by Crippen LogP contribution is -2.51. The van der Waals surface area contributed by atoms with Crippen LogP contribution in [0.1, 0.15) is 12.0 Å². The number of carbonyl (C=O) groups is 2. The number of carboxylic acid groups (broad SMARTS) is 1. The molecule has 24 heavy (non-hydrogen) atoms. The van der Waals surface area contributed by atoms with E-state index in [4.69, 9.17) is 9.84 Å². The zero-order chi connectivity index (χ0) is 17.7. The first-order valence-corrected chi connectivity index (χ1v) is 9.58. The molecular formula is C16H21NO6S. The van der Waals surface area contributed by atoms with Gasteiger partial charge in [-0.25, -0.2) is 8.42 Å². The predicted octanol–water partition coefficient (Wildman–Crippen LogP) is 0.344. The van der Waals surface area contributed by atoms with Crippen molar-refractivity contribution in [2.45, 2.75) is 24.2 Å². The Morgan fingerprint density at radius 2 is 2.00 bits per heavy atom. The number of nitrogens with zero attached hydrogens (tertiary/aromatic N) is 1. The Kier molecular flexibility index (Phi) is 5.95. The van der Waals surface area contributed by atoms with Gasteiger partial charge in [-0.15, -0.1) is 0 Å². The standard InChI is InChI=1S/C16H21NO6S/c1-24(21,22)14(9-12-5-3-2-4-6-12)16(20)17-7-8-23-13(11-17)10-15(18)19/h2-6,13-14H,7-11H2,1H3,(H,18,19)/t13-,14+/m0/s1. The Labute approximate surface area is 141 Å². The van der Waals surface area contributed by atoms with Crippen LogP contribution in [0.3, 0.4) is 0 Å². The molecule has 1 N–H and O–H groups in total. The molecule has 1 amide bonds. The van der Waals surface area contributed by atoms with Crippen LogP contribution in [0.2, 0.25) is 0 Å². The average Bonchev–Trinajstić information content (AvgIpc) is 2.51. The van der Waals surface area contributed by atoms with Crippen LogP contribution < -0.4 is 0 Å². The van der Waals surface area contributed by atoms with Crippen LogP contribution in [0.4, 0.5) is 0 Å². The van der Waals surface area contributed by atoms with Crippen LogP contribution in [0, 0.1) is 0 Å². The lowest BCUT2D eigenvalue weighted by Gasteiger charge is -2.34. The van der Waals surface area contributed by atoms with Gasteiger partial charge in [0.1, 0.15) is 5.25 Å². The summed E-state index contributed by atoms with van der Waals surface area (Å²) in [5, 5.41) is 7.67. The molecule has 1 heterocycles. The van der Waals surface area contributed by atoms with Crippen molar-refractivity contribution in [3.05, 3.63) is 35.9 Å². The molecule has 0 aromatic heterocycles. The third kappa shape index (κ3) is 5.04. The summed E-state index contributed by atoms with van der Waals surface area (Å²) >= 11 is 0. The fourth-order valence-electron chi connectivity index (χ4n) is 2.69. The van der Waals surface area contributed by atoms with E-state index in [0.29, 0.717) is 0 Å². The van der Waals surface area contributed by atoms with Crippen LogP contribution >= 0.6 is 0 Å². The number of ether oxygens (including phenoxy) is 1. The molecule has 132 valence electrons. The predicted molar refractivity (Wildman–Crippen MR) is 87.4 cm³/mol. The molecule has 1 saturated heterocycles. The average molecular weight is 355 g/mol. The van der Waals surface area contributed by atoms with Crippen LogP contribution in [-0.2, 0) is 30.6 Å². The fourth-order valence-corrected chi connectivity index (χ4v) is 3.70. The van der Waals surface area contributed by atoms with Gasteiger partial charge in [0, 0.05) is 19.3 Å². The molecule has 0 aliphatic carbocycles. The van der Waals surface area contributed by atoms with E-state index in [0.717, 1.165) is 11.8 Å². The summed E-state index contributed by atoms with van der Waals surface area (Å²) in [6.45, 7) is 0.549. The Hall–Kier alpha value is -1.93. The van der Waals surface area contributed by atoms with E-state index in [1.54, 1.807) is 24.3 Å². The highest BCUT2D eigenvalue weighted by Crippen LogP contribution is 2.16. The Morgan fingerprint density at radius 3 is 2.58 bits per heavy atom. The van der Waals surface area contributed by atoms with E-state index >= 15 is 0 Å². The lowest BCUT2D eigenvalue weighted by molar-refractivity contribution is -0.147. The number of amides is 1. The van der Waals surface area contributed by atoms with Crippen LogP contribution in [-0.4, -0.2) is 67.6 Å². The minimum atomic E-state index is -3.60. The monoisotopic (exact) mass is 355 g/mol. The van der Waals surface area contributed by atoms with Gasteiger partial charge in [0.05, 0.1) is 19.1 Å². The van der Waals surface area contributed by atoms with Gasteiger partial charge in [-0.1, -0.05) is 30.3 Å². The summed E-state index contributed by atoms with van der Waals surface area (Å²) in [7, 11) is -3.60. The summed E-state index contributed by atoms with van der Waals surface area (Å²) in [4.78, 5) is 24.9. The van der Waals surface area contributed by atoms with E-state index in [1.165, 1.54) is 4.90 Å². The van der Waals surface area contributed by atoms with Gasteiger partial charge in [0.25, 0.3) is 0 Å². The number of rotatable bonds is 6. The maximum absolute atomic E-state index is 12.7. The van der Waals surface area contributed by atoms with Crippen molar-refractivity contribution in [3.8, 4) is 0 Å². The normalized spacial score (nSPS) is 19.7. The molecule has 0 unspecified atom stereocenters. The first kappa shape index (κ1) is 18.4. The maximum atomic E-state index is 12.7. The molecule has 8 heteroatoms. The number of carbonyl (C=O) groups excluding carboxylic acids is 1. The zero-order valence-electron chi connectivity index (χ0n) is 13.4. The quantitative estimate of drug-likeness (QED) is 0.790. The van der Waals surface area contributed by atoms with Crippen molar-refractivity contribution < 1.29 is 27.9 Å². The Bertz CT molecular complexity index is 688. The van der Waals surface area contributed by atoms with E-state index < -0.39 is 33.1 Å². The zero-order valence-corrected chi connectivity index (χ0v) is 14.2. The van der Waals surface area contributed by atoms with E-state index in [1.807, 2.05) is 6.07 Å². The van der Waals surface area contributed by atoms with Crippen molar-refractivity contribution in [2.75, 3.05) is 26.0 Å². The molecule has 0 bridgehead atoms. The van der Waals surface area contributed by atoms with Gasteiger partial charge in [0.2, 0.25) is 5.91 Å². The molecule has 2 rings (SSSR count). The first-order chi connectivity index (χ1) is 11.3. The van der Waals surface area contributed by atoms with E-state index in [2.05, 4.69) is 0 Å². The molecule has 2 atom stereocenters. The highest BCUT2D eigenvalue weighted by molar-refractivity contribution is 7.92. The third-order valence-corrected chi connectivity index (χ3v) is 5.31. The minimum Gasteiger partial charge on any atom is -0.481 e. The van der Waals surface area contributed by atoms with Crippen molar-refractivity contribution in [3.63, 3.8) is 0 Å². The van der Waals surface area contributed by atoms with Crippen molar-refractivity contribution in [1.82, 2.24) is 4.90 Å². The van der Waals surface area contributed by atoms with Gasteiger partial charge >= 0.3 is 5.97 Å². The summed E-state index contributed by atoms with van der Waals surface area (Å²) in [5.41, 5.74) is 0.761. The second-order valence-electron chi connectivity index (χ2n) is 5.88. The lowest BCUT2D eigenvalue weighted by atomic mass is 10.1. The molecule has 0 radical (unpaired) electrons. The van der Waals surface area contributed by atoms with Gasteiger partial charge in [-0.2, -0.15) is 0 Å². The molecule has 1 aliphatic rings. The number of morpholine rings is 1. The molecule has 1 aromatic carbocycles. The first-order valence-electron chi connectivity index (χ1n) is 7.62. The van der Waals surface area contributed by atoms with Crippen molar-refractivity contribution in [2.24, 2.45) is 0 Å². The number of hydrogen-bond donors (Lipinski definition) is 1. The largest absolute Gasteiger partial charge is 0.481 e. The third-order valence-electron chi connectivity index (χ3n) is 3.91. The molecule has 1 aromatic rings. The molecule has 7 nitrogen and oxygen atoms in total. The highest BCUT2D eigenvalue weighted by Gasteiger charge is 2.35. The fraction of sp³-hybridized carbons (Fsp3) is 0.500. The van der Waals surface area contributed by atoms with Crippen LogP contribution in [0.15, 0.2) is 30.3 Å². The van der Waals surface area contributed by atoms with Crippen LogP contribution in [0.5, 0.6) is 0 Å². The summed E-state index contributed by atoms with van der Waals surface area (Å²) in [5.74, 6) is -1.52. The maximum Gasteiger partial charge on any atom is 0.306 e. The highest BCUT2D eigenvalue weighted by atomic mass is 32.2. The van der Waals surface area contributed by atoms with Gasteiger partial charge in [-0.05, 0) is 12.0 Å². The summed E-state index contributed by atoms with van der Waals surface area (Å²) < 4.78 is 29.5. The Morgan fingerprint density at radius 1 is 1.33 bits per heavy atom. The van der Waals surface area contributed by atoms with Gasteiger partial charge < -0.3 is 14.7 Å². The molecule has 1 aliphatic heterocycles. The van der Waals surface area contributed by atoms with E-state index in [-0.39, 0.29) is 32.5 Å². The molecule has 1 fully saturated rings. The topological polar surface area (TPSA) is 101 Å². The van der Waals surface area contributed by atoms with Crippen molar-refractivity contribution >= 4 is 21.7 Å². The summed E-state index contributed by atoms with van der Waals surface area (Å²) in [6.07, 6.45) is 0.316.